The highest BCUT2D eigenvalue weighted by Crippen LogP contribution is 2.40. The Morgan fingerprint density at radius 3 is 2.00 bits per heavy atom. The van der Waals surface area contributed by atoms with Gasteiger partial charge in [0.1, 0.15) is 0 Å². The molecule has 0 bridgehead atoms. The second-order valence-electron chi connectivity index (χ2n) is 8.87. The van der Waals surface area contributed by atoms with Gasteiger partial charge in [-0.05, 0) is 62.1 Å². The van der Waals surface area contributed by atoms with E-state index < -0.39 is 53.6 Å². The molecule has 0 spiro atoms. The average Bonchev–Trinajstić information content (AvgIpc) is 2.83. The third-order valence-electron chi connectivity index (χ3n) is 6.52. The van der Waals surface area contributed by atoms with E-state index in [9.17, 15) is 36.2 Å². The molecule has 1 N–H and O–H groups in total. The van der Waals surface area contributed by atoms with Gasteiger partial charge in [0.05, 0.1) is 24.8 Å². The Morgan fingerprint density at radius 1 is 1.03 bits per heavy atom. The summed E-state index contributed by atoms with van der Waals surface area (Å²) in [4.78, 5) is 14.4. The van der Waals surface area contributed by atoms with Crippen LogP contribution in [0.3, 0.4) is 0 Å². The fourth-order valence-corrected chi connectivity index (χ4v) is 4.41. The first-order valence-corrected chi connectivity index (χ1v) is 11.2. The highest BCUT2D eigenvalue weighted by Gasteiger charge is 2.41. The molecule has 0 amide bonds. The lowest BCUT2D eigenvalue weighted by atomic mass is 9.70. The summed E-state index contributed by atoms with van der Waals surface area (Å²) in [6.45, 7) is 2.41. The molecule has 36 heavy (non-hydrogen) atoms. The maximum absolute atomic E-state index is 13.4. The second kappa shape index (κ2) is 10.8. The molecule has 0 radical (unpaired) electrons. The SMILES string of the molecule is COC(=O)C(OCC1(c2ccccc2)CCN(B(C)O)CC1)c1cc(C(F)(F)F)cc(C(F)(F)F)c1. The number of methoxy groups -OCH3 is 1. The van der Waals surface area contributed by atoms with E-state index in [0.29, 0.717) is 38.1 Å². The first kappa shape index (κ1) is 28.0. The quantitative estimate of drug-likeness (QED) is 0.315. The summed E-state index contributed by atoms with van der Waals surface area (Å²) >= 11 is 0. The Labute approximate surface area is 205 Å². The molecule has 0 saturated carbocycles. The van der Waals surface area contributed by atoms with Gasteiger partial charge in [-0.1, -0.05) is 30.3 Å². The third-order valence-corrected chi connectivity index (χ3v) is 6.52. The molecule has 5 nitrogen and oxygen atoms in total. The molecule has 196 valence electrons. The zero-order chi connectivity index (χ0) is 26.7. The van der Waals surface area contributed by atoms with Crippen molar-refractivity contribution in [2.24, 2.45) is 0 Å². The van der Waals surface area contributed by atoms with Gasteiger partial charge in [-0.3, -0.25) is 0 Å². The van der Waals surface area contributed by atoms with Crippen molar-refractivity contribution in [1.29, 1.82) is 0 Å². The molecule has 1 heterocycles. The average molecular weight is 517 g/mol. The van der Waals surface area contributed by atoms with Gasteiger partial charge >= 0.3 is 25.4 Å². The predicted octanol–water partition coefficient (Wildman–Crippen LogP) is 5.10. The summed E-state index contributed by atoms with van der Waals surface area (Å²) in [7, 11) is 0.291. The number of rotatable bonds is 7. The zero-order valence-electron chi connectivity index (χ0n) is 19.7. The molecule has 1 unspecified atom stereocenters. The summed E-state index contributed by atoms with van der Waals surface area (Å²) in [5.74, 6) is -1.12. The number of halogens is 6. The molecule has 1 atom stereocenters. The molecule has 1 saturated heterocycles. The molecule has 12 heteroatoms. The molecular weight excluding hydrogens is 491 g/mol. The molecule has 1 aliphatic heterocycles. The number of carbonyl (C=O) groups excluding carboxylic acids is 1. The predicted molar refractivity (Wildman–Crippen MR) is 120 cm³/mol. The Bertz CT molecular complexity index is 1000. The Morgan fingerprint density at radius 2 is 1.56 bits per heavy atom. The number of esters is 1. The van der Waals surface area contributed by atoms with Crippen LogP contribution in [0.1, 0.15) is 41.2 Å². The summed E-state index contributed by atoms with van der Waals surface area (Å²) in [5, 5.41) is 9.92. The van der Waals surface area contributed by atoms with Gasteiger partial charge in [0.15, 0.2) is 6.10 Å². The number of benzene rings is 2. The van der Waals surface area contributed by atoms with Crippen molar-refractivity contribution in [3.63, 3.8) is 0 Å². The van der Waals surface area contributed by atoms with Crippen molar-refractivity contribution in [2.45, 2.75) is 43.5 Å². The van der Waals surface area contributed by atoms with Crippen molar-refractivity contribution >= 4 is 13.0 Å². The molecule has 0 aliphatic carbocycles. The number of nitrogens with zero attached hydrogens (tertiary/aromatic N) is 1. The van der Waals surface area contributed by atoms with Crippen molar-refractivity contribution in [3.05, 3.63) is 70.8 Å². The molecule has 2 aromatic carbocycles. The Kier molecular flexibility index (Phi) is 8.42. The topological polar surface area (TPSA) is 59.0 Å². The van der Waals surface area contributed by atoms with Crippen LogP contribution in [0.2, 0.25) is 6.82 Å². The summed E-state index contributed by atoms with van der Waals surface area (Å²) in [5.41, 5.74) is -3.54. The van der Waals surface area contributed by atoms with Crippen molar-refractivity contribution in [2.75, 3.05) is 26.8 Å². The third kappa shape index (κ3) is 6.40. The first-order chi connectivity index (χ1) is 16.8. The smallest absolute Gasteiger partial charge is 0.416 e. The number of hydrogen-bond acceptors (Lipinski definition) is 5. The minimum absolute atomic E-state index is 0.00488. The number of ether oxygens (including phenoxy) is 2. The van der Waals surface area contributed by atoms with Crippen LogP contribution in [0.5, 0.6) is 0 Å². The highest BCUT2D eigenvalue weighted by atomic mass is 19.4. The van der Waals surface area contributed by atoms with E-state index in [2.05, 4.69) is 4.74 Å². The number of piperidine rings is 1. The van der Waals surface area contributed by atoms with Crippen LogP contribution < -0.4 is 0 Å². The van der Waals surface area contributed by atoms with Gasteiger partial charge in [-0.15, -0.1) is 0 Å². The van der Waals surface area contributed by atoms with E-state index in [1.165, 1.54) is 0 Å². The lowest BCUT2D eigenvalue weighted by Crippen LogP contribution is -2.50. The van der Waals surface area contributed by atoms with E-state index >= 15 is 0 Å². The zero-order valence-corrected chi connectivity index (χ0v) is 19.7. The van der Waals surface area contributed by atoms with Crippen LogP contribution in [0.25, 0.3) is 0 Å². The lowest BCUT2D eigenvalue weighted by Gasteiger charge is -2.43. The molecule has 0 aromatic heterocycles. The van der Waals surface area contributed by atoms with Gasteiger partial charge in [0.25, 0.3) is 0 Å². The highest BCUT2D eigenvalue weighted by molar-refractivity contribution is 6.45. The number of hydrogen-bond donors (Lipinski definition) is 1. The minimum Gasteiger partial charge on any atom is -0.467 e. The molecular formula is C24H26BF6NO4. The van der Waals surface area contributed by atoms with Gasteiger partial charge in [0.2, 0.25) is 0 Å². The monoisotopic (exact) mass is 517 g/mol. The fourth-order valence-electron chi connectivity index (χ4n) is 4.41. The normalized spacial score (nSPS) is 17.5. The maximum atomic E-state index is 13.4. The summed E-state index contributed by atoms with van der Waals surface area (Å²) < 4.78 is 90.9. The first-order valence-electron chi connectivity index (χ1n) is 11.2. The van der Waals surface area contributed by atoms with Crippen LogP contribution in [-0.4, -0.2) is 49.7 Å². The Balaban J connectivity index is 1.99. The number of carbonyl (C=O) groups is 1. The standard InChI is InChI=1S/C24H26BF6NO4/c1-25(34)32-10-8-22(9-11-32,17-6-4-3-5-7-17)15-36-20(21(33)35-2)16-12-18(23(26,27)28)14-19(13-16)24(29,30)31/h3-7,12-14,20,34H,8-11,15H2,1-2H3. The van der Waals surface area contributed by atoms with Crippen LogP contribution >= 0.6 is 0 Å². The molecule has 1 aliphatic rings. The van der Waals surface area contributed by atoms with Crippen LogP contribution in [0, 0.1) is 0 Å². The lowest BCUT2D eigenvalue weighted by molar-refractivity contribution is -0.157. The van der Waals surface area contributed by atoms with Crippen molar-refractivity contribution in [1.82, 2.24) is 4.81 Å². The molecule has 1 fully saturated rings. The van der Waals surface area contributed by atoms with Crippen molar-refractivity contribution < 1.29 is 45.6 Å². The largest absolute Gasteiger partial charge is 0.467 e. The van der Waals surface area contributed by atoms with Gasteiger partial charge in [-0.25, -0.2) is 4.79 Å². The van der Waals surface area contributed by atoms with E-state index in [4.69, 9.17) is 4.74 Å². The fraction of sp³-hybridized carbons (Fsp3) is 0.458. The minimum atomic E-state index is -5.07. The van der Waals surface area contributed by atoms with E-state index in [-0.39, 0.29) is 12.7 Å². The van der Waals surface area contributed by atoms with Crippen molar-refractivity contribution in [3.8, 4) is 0 Å². The van der Waals surface area contributed by atoms with Crippen LogP contribution in [-0.2, 0) is 32.0 Å². The summed E-state index contributed by atoms with van der Waals surface area (Å²) in [6, 6.07) is 10.1. The van der Waals surface area contributed by atoms with Gasteiger partial charge in [0, 0.05) is 5.41 Å². The Hall–Kier alpha value is -2.57. The second-order valence-corrected chi connectivity index (χ2v) is 8.87. The van der Waals surface area contributed by atoms with Gasteiger partial charge in [-0.2, -0.15) is 26.3 Å². The van der Waals surface area contributed by atoms with E-state index in [0.717, 1.165) is 12.7 Å². The van der Waals surface area contributed by atoms with Gasteiger partial charge < -0.3 is 19.3 Å². The maximum Gasteiger partial charge on any atom is 0.416 e. The van der Waals surface area contributed by atoms with E-state index in [1.54, 1.807) is 19.0 Å². The summed E-state index contributed by atoms with van der Waals surface area (Å²) in [6.07, 6.45) is -11.0. The van der Waals surface area contributed by atoms with Crippen LogP contribution in [0.4, 0.5) is 26.3 Å². The molecule has 2 aromatic rings. The number of alkyl halides is 6. The van der Waals surface area contributed by atoms with Crippen LogP contribution in [0.15, 0.2) is 48.5 Å². The molecule has 3 rings (SSSR count). The van der Waals surface area contributed by atoms with E-state index in [1.807, 2.05) is 23.0 Å².